The molecule has 0 aromatic carbocycles. The molecule has 0 amide bonds. The van der Waals surface area contributed by atoms with Crippen LogP contribution in [-0.4, -0.2) is 37.1 Å². The van der Waals surface area contributed by atoms with Crippen LogP contribution in [0.2, 0.25) is 0 Å². The second kappa shape index (κ2) is 7.29. The third-order valence-corrected chi connectivity index (χ3v) is 4.04. The van der Waals surface area contributed by atoms with Gasteiger partial charge < -0.3 is 5.32 Å². The van der Waals surface area contributed by atoms with Crippen molar-refractivity contribution in [1.82, 2.24) is 10.2 Å². The number of nitrogens with one attached hydrogen (secondary N) is 1. The lowest BCUT2D eigenvalue weighted by atomic mass is 10.0. The largest absolute Gasteiger partial charge is 0.315 e. The zero-order valence-electron chi connectivity index (χ0n) is 11.6. The molecule has 96 valence electrons. The van der Waals surface area contributed by atoms with Crippen molar-refractivity contribution >= 4 is 0 Å². The second-order valence-corrected chi connectivity index (χ2v) is 5.67. The number of hydrogen-bond acceptors (Lipinski definition) is 2. The summed E-state index contributed by atoms with van der Waals surface area (Å²) in [6, 6.07) is 0.703. The Morgan fingerprint density at radius 2 is 1.81 bits per heavy atom. The Labute approximate surface area is 102 Å². The first kappa shape index (κ1) is 14.0. The Morgan fingerprint density at radius 3 is 2.38 bits per heavy atom. The molecule has 0 radical (unpaired) electrons. The molecule has 1 N–H and O–H groups in total. The van der Waals surface area contributed by atoms with Gasteiger partial charge in [0, 0.05) is 25.7 Å². The van der Waals surface area contributed by atoms with Gasteiger partial charge >= 0.3 is 0 Å². The van der Waals surface area contributed by atoms with Gasteiger partial charge in [-0.3, -0.25) is 4.90 Å². The first-order chi connectivity index (χ1) is 7.65. The summed E-state index contributed by atoms with van der Waals surface area (Å²) >= 11 is 0. The van der Waals surface area contributed by atoms with Crippen LogP contribution in [0.4, 0.5) is 0 Å². The van der Waals surface area contributed by atoms with Gasteiger partial charge in [-0.1, -0.05) is 33.6 Å². The van der Waals surface area contributed by atoms with Gasteiger partial charge in [0.05, 0.1) is 0 Å². The van der Waals surface area contributed by atoms with Crippen molar-refractivity contribution in [3.05, 3.63) is 0 Å². The molecule has 2 heteroatoms. The van der Waals surface area contributed by atoms with Crippen LogP contribution in [0.25, 0.3) is 0 Å². The molecule has 0 saturated carbocycles. The summed E-state index contributed by atoms with van der Waals surface area (Å²) in [6.45, 7) is 14.3. The maximum atomic E-state index is 3.58. The molecule has 1 aliphatic rings. The lowest BCUT2D eigenvalue weighted by Crippen LogP contribution is -2.39. The van der Waals surface area contributed by atoms with Crippen molar-refractivity contribution in [2.75, 3.05) is 26.2 Å². The number of rotatable bonds is 7. The van der Waals surface area contributed by atoms with E-state index in [0.717, 1.165) is 18.4 Å². The summed E-state index contributed by atoms with van der Waals surface area (Å²) < 4.78 is 0. The number of likely N-dealkylation sites (tertiary alicyclic amines) is 1. The van der Waals surface area contributed by atoms with Crippen molar-refractivity contribution in [2.24, 2.45) is 11.8 Å². The summed E-state index contributed by atoms with van der Waals surface area (Å²) in [6.07, 6.45) is 4.01. The molecule has 2 nitrogen and oxygen atoms in total. The van der Waals surface area contributed by atoms with Crippen LogP contribution in [0, 0.1) is 11.8 Å². The van der Waals surface area contributed by atoms with Crippen molar-refractivity contribution < 1.29 is 0 Å². The molecule has 0 aliphatic carbocycles. The van der Waals surface area contributed by atoms with Gasteiger partial charge in [-0.25, -0.2) is 0 Å². The van der Waals surface area contributed by atoms with Gasteiger partial charge in [-0.05, 0) is 31.7 Å². The summed E-state index contributed by atoms with van der Waals surface area (Å²) in [5, 5.41) is 3.58. The van der Waals surface area contributed by atoms with E-state index in [1.54, 1.807) is 0 Å². The summed E-state index contributed by atoms with van der Waals surface area (Å²) in [7, 11) is 0. The zero-order valence-corrected chi connectivity index (χ0v) is 11.6. The Hall–Kier alpha value is -0.0800. The fourth-order valence-corrected chi connectivity index (χ4v) is 2.47. The SMILES string of the molecule is CCCCCNCC(C)N1CC(C)C(C)C1. The van der Waals surface area contributed by atoms with E-state index in [2.05, 4.69) is 37.9 Å². The van der Waals surface area contributed by atoms with Crippen LogP contribution in [0.3, 0.4) is 0 Å². The monoisotopic (exact) mass is 226 g/mol. The molecule has 1 aliphatic heterocycles. The molecule has 1 heterocycles. The first-order valence-electron chi connectivity index (χ1n) is 7.09. The average Bonchev–Trinajstić information content (AvgIpc) is 2.59. The molecule has 0 aromatic rings. The van der Waals surface area contributed by atoms with E-state index in [-0.39, 0.29) is 0 Å². The Bertz CT molecular complexity index is 172. The molecule has 1 rings (SSSR count). The highest BCUT2D eigenvalue weighted by Crippen LogP contribution is 2.23. The predicted molar refractivity (Wildman–Crippen MR) is 71.8 cm³/mol. The average molecular weight is 226 g/mol. The van der Waals surface area contributed by atoms with E-state index in [1.807, 2.05) is 0 Å². The van der Waals surface area contributed by atoms with Gasteiger partial charge in [0.1, 0.15) is 0 Å². The molecule has 0 aromatic heterocycles. The summed E-state index contributed by atoms with van der Waals surface area (Å²) in [4.78, 5) is 2.64. The van der Waals surface area contributed by atoms with Crippen LogP contribution in [0.1, 0.15) is 47.0 Å². The fraction of sp³-hybridized carbons (Fsp3) is 1.00. The van der Waals surface area contributed by atoms with Crippen LogP contribution >= 0.6 is 0 Å². The zero-order chi connectivity index (χ0) is 12.0. The quantitative estimate of drug-likeness (QED) is 0.672. The lowest BCUT2D eigenvalue weighted by molar-refractivity contribution is 0.241. The minimum atomic E-state index is 0.703. The highest BCUT2D eigenvalue weighted by atomic mass is 15.2. The van der Waals surface area contributed by atoms with Crippen LogP contribution in [0.5, 0.6) is 0 Å². The highest BCUT2D eigenvalue weighted by molar-refractivity contribution is 4.82. The lowest BCUT2D eigenvalue weighted by Gasteiger charge is -2.24. The molecule has 1 saturated heterocycles. The third-order valence-electron chi connectivity index (χ3n) is 4.04. The van der Waals surface area contributed by atoms with E-state index in [9.17, 15) is 0 Å². The standard InChI is InChI=1S/C14H30N2/c1-5-6-7-8-15-9-14(4)16-10-12(2)13(3)11-16/h12-15H,5-11H2,1-4H3. The van der Waals surface area contributed by atoms with Gasteiger partial charge in [-0.2, -0.15) is 0 Å². The van der Waals surface area contributed by atoms with E-state index in [1.165, 1.54) is 38.9 Å². The minimum absolute atomic E-state index is 0.703. The van der Waals surface area contributed by atoms with Crippen molar-refractivity contribution in [2.45, 2.75) is 53.0 Å². The summed E-state index contributed by atoms with van der Waals surface area (Å²) in [5.74, 6) is 1.75. The molecular weight excluding hydrogens is 196 g/mol. The molecular formula is C14H30N2. The Balaban J connectivity index is 2.09. The molecule has 16 heavy (non-hydrogen) atoms. The van der Waals surface area contributed by atoms with Crippen LogP contribution < -0.4 is 5.32 Å². The predicted octanol–water partition coefficient (Wildman–Crippen LogP) is 2.74. The molecule has 0 bridgehead atoms. The first-order valence-corrected chi connectivity index (χ1v) is 7.09. The molecule has 3 unspecified atom stereocenters. The minimum Gasteiger partial charge on any atom is -0.315 e. The molecule has 0 spiro atoms. The van der Waals surface area contributed by atoms with Crippen molar-refractivity contribution in [1.29, 1.82) is 0 Å². The van der Waals surface area contributed by atoms with Gasteiger partial charge in [-0.15, -0.1) is 0 Å². The topological polar surface area (TPSA) is 15.3 Å². The van der Waals surface area contributed by atoms with Gasteiger partial charge in [0.2, 0.25) is 0 Å². The fourth-order valence-electron chi connectivity index (χ4n) is 2.47. The smallest absolute Gasteiger partial charge is 0.0192 e. The highest BCUT2D eigenvalue weighted by Gasteiger charge is 2.28. The van der Waals surface area contributed by atoms with Gasteiger partial charge in [0.25, 0.3) is 0 Å². The maximum absolute atomic E-state index is 3.58. The number of hydrogen-bond donors (Lipinski definition) is 1. The van der Waals surface area contributed by atoms with E-state index >= 15 is 0 Å². The summed E-state index contributed by atoms with van der Waals surface area (Å²) in [5.41, 5.74) is 0. The van der Waals surface area contributed by atoms with Crippen LogP contribution in [0.15, 0.2) is 0 Å². The molecule has 1 fully saturated rings. The Kier molecular flexibility index (Phi) is 6.37. The second-order valence-electron chi connectivity index (χ2n) is 5.67. The third kappa shape index (κ3) is 4.42. The van der Waals surface area contributed by atoms with Gasteiger partial charge in [0.15, 0.2) is 0 Å². The van der Waals surface area contributed by atoms with Crippen molar-refractivity contribution in [3.8, 4) is 0 Å². The van der Waals surface area contributed by atoms with E-state index < -0.39 is 0 Å². The van der Waals surface area contributed by atoms with E-state index in [4.69, 9.17) is 0 Å². The Morgan fingerprint density at radius 1 is 1.19 bits per heavy atom. The van der Waals surface area contributed by atoms with Crippen molar-refractivity contribution in [3.63, 3.8) is 0 Å². The number of unbranched alkanes of at least 4 members (excludes halogenated alkanes) is 2. The number of nitrogens with zero attached hydrogens (tertiary/aromatic N) is 1. The van der Waals surface area contributed by atoms with E-state index in [0.29, 0.717) is 6.04 Å². The maximum Gasteiger partial charge on any atom is 0.0192 e. The normalized spacial score (nSPS) is 28.5. The van der Waals surface area contributed by atoms with Crippen LogP contribution in [-0.2, 0) is 0 Å². The molecule has 3 atom stereocenters.